The molecule has 7 nitrogen and oxygen atoms in total. The van der Waals surface area contributed by atoms with Crippen LogP contribution in [0.5, 0.6) is 0 Å². The third-order valence-electron chi connectivity index (χ3n) is 2.52. The molecule has 8 heteroatoms. The van der Waals surface area contributed by atoms with Gasteiger partial charge in [0, 0.05) is 12.0 Å². The SMILES string of the molecule is CO[C@@H]1O[C@@H]2CS(=O)(=O)[C@H]1[C@H]2N=[N+]=[N-]. The van der Waals surface area contributed by atoms with E-state index >= 15 is 0 Å². The van der Waals surface area contributed by atoms with E-state index in [2.05, 4.69) is 10.0 Å². The van der Waals surface area contributed by atoms with Crippen LogP contribution in [0.2, 0.25) is 0 Å². The van der Waals surface area contributed by atoms with E-state index in [4.69, 9.17) is 15.0 Å². The fraction of sp³-hybridized carbons (Fsp3) is 1.00. The van der Waals surface area contributed by atoms with Crippen LogP contribution in [-0.4, -0.2) is 45.0 Å². The van der Waals surface area contributed by atoms with Crippen molar-refractivity contribution in [2.24, 2.45) is 5.11 Å². The van der Waals surface area contributed by atoms with Crippen molar-refractivity contribution in [3.05, 3.63) is 10.4 Å². The van der Waals surface area contributed by atoms with Gasteiger partial charge in [-0.3, -0.25) is 0 Å². The maximum atomic E-state index is 11.5. The third kappa shape index (κ3) is 1.19. The minimum Gasteiger partial charge on any atom is -0.354 e. The number of sulfone groups is 1. The zero-order valence-electron chi connectivity index (χ0n) is 7.40. The van der Waals surface area contributed by atoms with E-state index in [0.717, 1.165) is 0 Å². The van der Waals surface area contributed by atoms with Gasteiger partial charge in [0.15, 0.2) is 16.1 Å². The molecule has 0 aromatic heterocycles. The molecular weight excluding hydrogens is 210 g/mol. The molecule has 0 radical (unpaired) electrons. The number of ether oxygens (including phenoxy) is 2. The van der Waals surface area contributed by atoms with Crippen LogP contribution in [0.25, 0.3) is 10.4 Å². The van der Waals surface area contributed by atoms with Crippen LogP contribution in [0.1, 0.15) is 0 Å². The summed E-state index contributed by atoms with van der Waals surface area (Å²) in [5.41, 5.74) is 8.29. The normalized spacial score (nSPS) is 43.5. The van der Waals surface area contributed by atoms with E-state index in [1.807, 2.05) is 0 Å². The summed E-state index contributed by atoms with van der Waals surface area (Å²) in [4.78, 5) is 2.62. The first-order valence-corrected chi connectivity index (χ1v) is 5.75. The maximum absolute atomic E-state index is 11.5. The van der Waals surface area contributed by atoms with E-state index in [-0.39, 0.29) is 5.75 Å². The molecule has 0 aromatic rings. The molecule has 2 aliphatic rings. The number of methoxy groups -OCH3 is 1. The minimum atomic E-state index is -3.23. The van der Waals surface area contributed by atoms with E-state index in [1.165, 1.54) is 7.11 Å². The second-order valence-corrected chi connectivity index (χ2v) is 5.47. The standard InChI is InChI=1S/C6H9N3O4S/c1-12-6-5-4(8-9-7)3(13-6)2-14(5,10)11/h3-6H,2H2,1H3/t3-,4+,5+,6-/m1/s1. The Morgan fingerprint density at radius 3 is 2.93 bits per heavy atom. The van der Waals surface area contributed by atoms with Crippen LogP contribution in [0.3, 0.4) is 0 Å². The number of rotatable bonds is 2. The van der Waals surface area contributed by atoms with Crippen LogP contribution in [0.4, 0.5) is 0 Å². The molecule has 2 saturated heterocycles. The molecule has 2 aliphatic heterocycles. The van der Waals surface area contributed by atoms with Gasteiger partial charge < -0.3 is 9.47 Å². The number of hydrogen-bond acceptors (Lipinski definition) is 5. The van der Waals surface area contributed by atoms with Gasteiger partial charge in [0.25, 0.3) is 0 Å². The topological polar surface area (TPSA) is 101 Å². The Balaban J connectivity index is 2.38. The van der Waals surface area contributed by atoms with Gasteiger partial charge in [0.05, 0.1) is 17.9 Å². The Hall–Kier alpha value is -0.820. The molecule has 0 aromatic carbocycles. The number of azide groups is 1. The van der Waals surface area contributed by atoms with Gasteiger partial charge in [-0.05, 0) is 5.53 Å². The summed E-state index contributed by atoms with van der Waals surface area (Å²) < 4.78 is 33.2. The smallest absolute Gasteiger partial charge is 0.174 e. The average Bonchev–Trinajstić information content (AvgIpc) is 2.55. The second kappa shape index (κ2) is 3.09. The van der Waals surface area contributed by atoms with Gasteiger partial charge in [-0.15, -0.1) is 0 Å². The van der Waals surface area contributed by atoms with Crippen molar-refractivity contribution in [1.82, 2.24) is 0 Å². The Labute approximate surface area is 80.5 Å². The summed E-state index contributed by atoms with van der Waals surface area (Å²) in [7, 11) is -1.87. The lowest BCUT2D eigenvalue weighted by Crippen LogP contribution is -2.37. The average molecular weight is 219 g/mol. The van der Waals surface area contributed by atoms with Crippen LogP contribution < -0.4 is 0 Å². The van der Waals surface area contributed by atoms with Crippen LogP contribution in [0.15, 0.2) is 5.11 Å². The maximum Gasteiger partial charge on any atom is 0.174 e. The molecule has 78 valence electrons. The quantitative estimate of drug-likeness (QED) is 0.365. The van der Waals surface area contributed by atoms with Crippen molar-refractivity contribution in [2.45, 2.75) is 23.7 Å². The van der Waals surface area contributed by atoms with Gasteiger partial charge >= 0.3 is 0 Å². The number of hydrogen-bond donors (Lipinski definition) is 0. The van der Waals surface area contributed by atoms with E-state index in [9.17, 15) is 8.42 Å². The summed E-state index contributed by atoms with van der Waals surface area (Å²) in [6, 6.07) is -0.644. The highest BCUT2D eigenvalue weighted by Gasteiger charge is 2.58. The van der Waals surface area contributed by atoms with E-state index in [1.54, 1.807) is 0 Å². The van der Waals surface area contributed by atoms with E-state index < -0.39 is 33.5 Å². The predicted octanol–water partition coefficient (Wildman–Crippen LogP) is -0.166. The molecule has 2 fully saturated rings. The van der Waals surface area contributed by atoms with E-state index in [0.29, 0.717) is 0 Å². The van der Waals surface area contributed by atoms with Crippen LogP contribution in [0, 0.1) is 0 Å². The molecule has 0 unspecified atom stereocenters. The Morgan fingerprint density at radius 1 is 1.64 bits per heavy atom. The van der Waals surface area contributed by atoms with Gasteiger partial charge in [0.1, 0.15) is 5.25 Å². The highest BCUT2D eigenvalue weighted by molar-refractivity contribution is 7.92. The first-order chi connectivity index (χ1) is 6.60. The largest absolute Gasteiger partial charge is 0.354 e. The molecule has 14 heavy (non-hydrogen) atoms. The van der Waals surface area contributed by atoms with Gasteiger partial charge in [0.2, 0.25) is 0 Å². The Bertz CT molecular complexity index is 388. The molecule has 2 rings (SSSR count). The first-order valence-electron chi connectivity index (χ1n) is 4.04. The molecule has 0 N–H and O–H groups in total. The second-order valence-electron chi connectivity index (χ2n) is 3.27. The lowest BCUT2D eigenvalue weighted by Gasteiger charge is -2.20. The Morgan fingerprint density at radius 2 is 2.36 bits per heavy atom. The van der Waals surface area contributed by atoms with Gasteiger partial charge in [-0.1, -0.05) is 5.11 Å². The first kappa shape index (κ1) is 9.72. The lowest BCUT2D eigenvalue weighted by molar-refractivity contribution is -0.112. The molecule has 2 bridgehead atoms. The Kier molecular flexibility index (Phi) is 2.15. The molecular formula is C6H9N3O4S. The molecule has 0 amide bonds. The van der Waals surface area contributed by atoms with Crippen molar-refractivity contribution >= 4 is 9.84 Å². The molecule has 4 atom stereocenters. The molecule has 2 heterocycles. The molecule has 0 saturated carbocycles. The van der Waals surface area contributed by atoms with Gasteiger partial charge in [-0.2, -0.15) is 0 Å². The predicted molar refractivity (Wildman–Crippen MR) is 46.2 cm³/mol. The minimum absolute atomic E-state index is 0.0821. The third-order valence-corrected chi connectivity index (χ3v) is 4.65. The zero-order valence-corrected chi connectivity index (χ0v) is 8.22. The number of fused-ring (bicyclic) bond motifs is 2. The van der Waals surface area contributed by atoms with Crippen molar-refractivity contribution < 1.29 is 17.9 Å². The highest BCUT2D eigenvalue weighted by atomic mass is 32.2. The zero-order chi connectivity index (χ0) is 10.3. The fourth-order valence-corrected chi connectivity index (χ4v) is 4.08. The summed E-state index contributed by atoms with van der Waals surface area (Å²) in [6.07, 6.45) is -1.35. The van der Waals surface area contributed by atoms with Crippen molar-refractivity contribution in [2.75, 3.05) is 12.9 Å². The van der Waals surface area contributed by atoms with Crippen molar-refractivity contribution in [3.8, 4) is 0 Å². The number of nitrogens with zero attached hydrogens (tertiary/aromatic N) is 3. The summed E-state index contributed by atoms with van der Waals surface area (Å²) >= 11 is 0. The van der Waals surface area contributed by atoms with Gasteiger partial charge in [-0.25, -0.2) is 8.42 Å². The molecule has 0 aliphatic carbocycles. The monoisotopic (exact) mass is 219 g/mol. The molecule has 0 spiro atoms. The highest BCUT2D eigenvalue weighted by Crippen LogP contribution is 2.38. The lowest BCUT2D eigenvalue weighted by atomic mass is 10.2. The summed E-state index contributed by atoms with van der Waals surface area (Å²) in [6.45, 7) is 0. The van der Waals surface area contributed by atoms with Crippen LogP contribution in [-0.2, 0) is 19.3 Å². The van der Waals surface area contributed by atoms with Crippen LogP contribution >= 0.6 is 0 Å². The fourth-order valence-electron chi connectivity index (χ4n) is 1.95. The summed E-state index contributed by atoms with van der Waals surface area (Å²) in [5, 5.41) is 2.60. The van der Waals surface area contributed by atoms with Crippen molar-refractivity contribution in [1.29, 1.82) is 0 Å². The van der Waals surface area contributed by atoms with Crippen molar-refractivity contribution in [3.63, 3.8) is 0 Å². The summed E-state index contributed by atoms with van der Waals surface area (Å²) in [5.74, 6) is -0.0821.